The third-order valence-corrected chi connectivity index (χ3v) is 3.19. The summed E-state index contributed by atoms with van der Waals surface area (Å²) in [6, 6.07) is 0. The normalized spacial score (nSPS) is 40.9. The zero-order chi connectivity index (χ0) is 7.68. The van der Waals surface area contributed by atoms with Gasteiger partial charge in [-0.1, -0.05) is 18.0 Å². The Hall–Kier alpha value is -0.530. The van der Waals surface area contributed by atoms with Gasteiger partial charge in [0.25, 0.3) is 0 Å². The van der Waals surface area contributed by atoms with E-state index in [1.165, 1.54) is 32.1 Å². The van der Waals surface area contributed by atoms with Crippen LogP contribution in [0.3, 0.4) is 0 Å². The summed E-state index contributed by atoms with van der Waals surface area (Å²) in [5, 5.41) is 12.1. The van der Waals surface area contributed by atoms with Crippen LogP contribution in [0, 0.1) is 11.8 Å². The summed E-state index contributed by atoms with van der Waals surface area (Å²) in [6.07, 6.45) is 7.61. The Balaban J connectivity index is 2.08. The number of hydrogen-bond acceptors (Lipinski definition) is 2. The summed E-state index contributed by atoms with van der Waals surface area (Å²) >= 11 is 0. The number of nitrogens with zero attached hydrogens (tertiary/aromatic N) is 1. The molecule has 2 aliphatic carbocycles. The lowest BCUT2D eigenvalue weighted by atomic mass is 9.71. The van der Waals surface area contributed by atoms with Crippen LogP contribution in [0.25, 0.3) is 0 Å². The van der Waals surface area contributed by atoms with Crippen molar-refractivity contribution in [3.8, 4) is 0 Å². The molecule has 0 heterocycles. The van der Waals surface area contributed by atoms with Gasteiger partial charge in [-0.05, 0) is 31.6 Å². The Kier molecular flexibility index (Phi) is 1.84. The summed E-state index contributed by atoms with van der Waals surface area (Å²) in [4.78, 5) is 0. The lowest BCUT2D eigenvalue weighted by Crippen LogP contribution is -2.28. The summed E-state index contributed by atoms with van der Waals surface area (Å²) in [6.45, 7) is 0. The van der Waals surface area contributed by atoms with Gasteiger partial charge < -0.3 is 5.21 Å². The van der Waals surface area contributed by atoms with Crippen LogP contribution in [-0.2, 0) is 0 Å². The van der Waals surface area contributed by atoms with Crippen LogP contribution in [0.1, 0.15) is 38.5 Å². The molecule has 2 saturated carbocycles. The Bertz CT molecular complexity index is 176. The quantitative estimate of drug-likeness (QED) is 0.420. The summed E-state index contributed by atoms with van der Waals surface area (Å²) in [7, 11) is 0. The molecule has 62 valence electrons. The second-order valence-electron chi connectivity index (χ2n) is 3.86. The predicted octanol–water partition coefficient (Wildman–Crippen LogP) is 2.42. The van der Waals surface area contributed by atoms with Crippen LogP contribution in [0.4, 0.5) is 0 Å². The zero-order valence-electron chi connectivity index (χ0n) is 6.79. The Labute approximate surface area is 67.3 Å². The molecule has 0 spiro atoms. The van der Waals surface area contributed by atoms with Crippen LogP contribution >= 0.6 is 0 Å². The van der Waals surface area contributed by atoms with Gasteiger partial charge in [-0.2, -0.15) is 0 Å². The van der Waals surface area contributed by atoms with E-state index in [4.69, 9.17) is 5.21 Å². The molecule has 2 aliphatic rings. The number of oxime groups is 1. The van der Waals surface area contributed by atoms with Crippen molar-refractivity contribution in [1.82, 2.24) is 0 Å². The average molecular weight is 153 g/mol. The van der Waals surface area contributed by atoms with Crippen molar-refractivity contribution in [2.75, 3.05) is 0 Å². The molecule has 0 amide bonds. The van der Waals surface area contributed by atoms with Crippen molar-refractivity contribution in [3.05, 3.63) is 0 Å². The maximum atomic E-state index is 8.69. The smallest absolute Gasteiger partial charge is 0.0601 e. The lowest BCUT2D eigenvalue weighted by Gasteiger charge is -2.34. The van der Waals surface area contributed by atoms with Crippen LogP contribution in [0.2, 0.25) is 0 Å². The van der Waals surface area contributed by atoms with Gasteiger partial charge in [0.1, 0.15) is 0 Å². The van der Waals surface area contributed by atoms with Crippen LogP contribution in [0.15, 0.2) is 5.16 Å². The first-order valence-electron chi connectivity index (χ1n) is 4.61. The van der Waals surface area contributed by atoms with Gasteiger partial charge in [-0.15, -0.1) is 0 Å². The van der Waals surface area contributed by atoms with E-state index in [0.717, 1.165) is 18.1 Å². The molecule has 2 heteroatoms. The number of rotatable bonds is 0. The molecule has 2 fully saturated rings. The van der Waals surface area contributed by atoms with Crippen molar-refractivity contribution < 1.29 is 5.21 Å². The van der Waals surface area contributed by atoms with Gasteiger partial charge in [0.05, 0.1) is 5.71 Å². The number of fused-ring (bicyclic) bond motifs is 2. The molecule has 2 atom stereocenters. The largest absolute Gasteiger partial charge is 0.411 e. The third kappa shape index (κ3) is 1.26. The van der Waals surface area contributed by atoms with E-state index < -0.39 is 0 Å². The predicted molar refractivity (Wildman–Crippen MR) is 43.9 cm³/mol. The molecule has 2 bridgehead atoms. The lowest BCUT2D eigenvalue weighted by molar-refractivity contribution is 0.257. The zero-order valence-corrected chi connectivity index (χ0v) is 6.79. The Morgan fingerprint density at radius 2 is 2.18 bits per heavy atom. The minimum atomic E-state index is 0.632. The van der Waals surface area contributed by atoms with Crippen molar-refractivity contribution >= 4 is 5.71 Å². The SMILES string of the molecule is O/N=C1/CCC2CCCC1C2. The molecule has 0 aliphatic heterocycles. The second-order valence-corrected chi connectivity index (χ2v) is 3.86. The highest BCUT2D eigenvalue weighted by Crippen LogP contribution is 2.38. The first-order chi connectivity index (χ1) is 5.40. The molecule has 2 nitrogen and oxygen atoms in total. The molecule has 0 radical (unpaired) electrons. The fraction of sp³-hybridized carbons (Fsp3) is 0.889. The second kappa shape index (κ2) is 2.84. The minimum Gasteiger partial charge on any atom is -0.411 e. The van der Waals surface area contributed by atoms with E-state index in [2.05, 4.69) is 5.16 Å². The maximum absolute atomic E-state index is 8.69. The molecule has 1 N–H and O–H groups in total. The van der Waals surface area contributed by atoms with E-state index in [9.17, 15) is 0 Å². The van der Waals surface area contributed by atoms with Gasteiger partial charge in [0, 0.05) is 5.92 Å². The van der Waals surface area contributed by atoms with E-state index in [0.29, 0.717) is 5.92 Å². The molecule has 2 rings (SSSR count). The molecule has 0 aromatic heterocycles. The number of hydrogen-bond donors (Lipinski definition) is 1. The van der Waals surface area contributed by atoms with Gasteiger partial charge in [-0.3, -0.25) is 0 Å². The monoisotopic (exact) mass is 153 g/mol. The maximum Gasteiger partial charge on any atom is 0.0601 e. The molecular formula is C9H15NO. The van der Waals surface area contributed by atoms with Crippen LogP contribution < -0.4 is 0 Å². The van der Waals surface area contributed by atoms with E-state index in [1.807, 2.05) is 0 Å². The van der Waals surface area contributed by atoms with Crippen molar-refractivity contribution in [3.63, 3.8) is 0 Å². The first kappa shape index (κ1) is 7.14. The molecule has 2 unspecified atom stereocenters. The fourth-order valence-electron chi connectivity index (χ4n) is 2.54. The topological polar surface area (TPSA) is 32.6 Å². The van der Waals surface area contributed by atoms with E-state index >= 15 is 0 Å². The Morgan fingerprint density at radius 1 is 1.27 bits per heavy atom. The summed E-state index contributed by atoms with van der Waals surface area (Å²) < 4.78 is 0. The Morgan fingerprint density at radius 3 is 3.00 bits per heavy atom. The van der Waals surface area contributed by atoms with Gasteiger partial charge >= 0.3 is 0 Å². The molecule has 11 heavy (non-hydrogen) atoms. The summed E-state index contributed by atoms with van der Waals surface area (Å²) in [5.74, 6) is 1.58. The van der Waals surface area contributed by atoms with Crippen molar-refractivity contribution in [1.29, 1.82) is 0 Å². The molecular weight excluding hydrogens is 138 g/mol. The van der Waals surface area contributed by atoms with Crippen LogP contribution in [-0.4, -0.2) is 10.9 Å². The van der Waals surface area contributed by atoms with Crippen molar-refractivity contribution in [2.45, 2.75) is 38.5 Å². The fourth-order valence-corrected chi connectivity index (χ4v) is 2.54. The standard InChI is InChI=1S/C9H15NO/c11-10-9-5-4-7-2-1-3-8(9)6-7/h7-8,11H,1-6H2/b10-9-. The average Bonchev–Trinajstić information content (AvgIpc) is 2.06. The molecule has 0 saturated heterocycles. The summed E-state index contributed by atoms with van der Waals surface area (Å²) in [5.41, 5.74) is 1.07. The van der Waals surface area contributed by atoms with Gasteiger partial charge in [0.2, 0.25) is 0 Å². The minimum absolute atomic E-state index is 0.632. The molecule has 0 aromatic rings. The van der Waals surface area contributed by atoms with E-state index in [1.54, 1.807) is 0 Å². The third-order valence-electron chi connectivity index (χ3n) is 3.19. The highest BCUT2D eigenvalue weighted by molar-refractivity contribution is 5.87. The van der Waals surface area contributed by atoms with Gasteiger partial charge in [0.15, 0.2) is 0 Å². The van der Waals surface area contributed by atoms with Crippen molar-refractivity contribution in [2.24, 2.45) is 17.0 Å². The van der Waals surface area contributed by atoms with Gasteiger partial charge in [-0.25, -0.2) is 0 Å². The highest BCUT2D eigenvalue weighted by atomic mass is 16.4. The highest BCUT2D eigenvalue weighted by Gasteiger charge is 2.30. The first-order valence-corrected chi connectivity index (χ1v) is 4.61. The van der Waals surface area contributed by atoms with E-state index in [-0.39, 0.29) is 0 Å². The molecule has 0 aromatic carbocycles. The van der Waals surface area contributed by atoms with Crippen LogP contribution in [0.5, 0.6) is 0 Å².